The summed E-state index contributed by atoms with van der Waals surface area (Å²) in [5, 5.41) is 2.81. The fourth-order valence-electron chi connectivity index (χ4n) is 3.13. The molecule has 3 rings (SSSR count). The van der Waals surface area contributed by atoms with Gasteiger partial charge in [0.05, 0.1) is 6.54 Å². The Morgan fingerprint density at radius 3 is 2.23 bits per heavy atom. The quantitative estimate of drug-likeness (QED) is 0.742. The van der Waals surface area contributed by atoms with E-state index < -0.39 is 0 Å². The van der Waals surface area contributed by atoms with E-state index in [-0.39, 0.29) is 24.0 Å². The van der Waals surface area contributed by atoms with Crippen molar-refractivity contribution in [2.45, 2.75) is 19.8 Å². The molecule has 0 saturated carbocycles. The van der Waals surface area contributed by atoms with Crippen LogP contribution in [0.15, 0.2) is 42.5 Å². The van der Waals surface area contributed by atoms with Gasteiger partial charge in [0.25, 0.3) is 0 Å². The molecule has 5 heteroatoms. The van der Waals surface area contributed by atoms with Crippen LogP contribution in [0.25, 0.3) is 0 Å². The summed E-state index contributed by atoms with van der Waals surface area (Å²) in [5.74, 6) is -0.489. The minimum atomic E-state index is -0.189. The van der Waals surface area contributed by atoms with Crippen molar-refractivity contribution in [3.63, 3.8) is 0 Å². The van der Waals surface area contributed by atoms with E-state index in [9.17, 15) is 14.4 Å². The minimum Gasteiger partial charge on any atom is -0.325 e. The highest BCUT2D eigenvalue weighted by molar-refractivity contribution is 6.28. The van der Waals surface area contributed by atoms with Crippen LogP contribution in [0.2, 0.25) is 0 Å². The molecule has 1 amide bonds. The zero-order chi connectivity index (χ0) is 18.7. The van der Waals surface area contributed by atoms with Crippen LogP contribution in [-0.2, 0) is 4.79 Å². The predicted octanol–water partition coefficient (Wildman–Crippen LogP) is 3.13. The van der Waals surface area contributed by atoms with E-state index in [4.69, 9.17) is 0 Å². The second kappa shape index (κ2) is 7.62. The maximum absolute atomic E-state index is 12.7. The first-order valence-electron chi connectivity index (χ1n) is 8.82. The molecule has 2 aromatic rings. The molecule has 0 unspecified atom stereocenters. The van der Waals surface area contributed by atoms with Gasteiger partial charge in [0.15, 0.2) is 11.6 Å². The lowest BCUT2D eigenvalue weighted by molar-refractivity contribution is -0.117. The Balaban J connectivity index is 1.78. The van der Waals surface area contributed by atoms with Crippen LogP contribution in [0.3, 0.4) is 0 Å². The van der Waals surface area contributed by atoms with E-state index in [2.05, 4.69) is 12.2 Å². The average molecular weight is 350 g/mol. The number of fused-ring (bicyclic) bond motifs is 2. The maximum atomic E-state index is 12.7. The van der Waals surface area contributed by atoms with Crippen molar-refractivity contribution in [1.82, 2.24) is 4.90 Å². The summed E-state index contributed by atoms with van der Waals surface area (Å²) in [6.45, 7) is 3.25. The fourth-order valence-corrected chi connectivity index (χ4v) is 3.13. The Kier molecular flexibility index (Phi) is 5.28. The van der Waals surface area contributed by atoms with Gasteiger partial charge in [-0.25, -0.2) is 0 Å². The van der Waals surface area contributed by atoms with Crippen molar-refractivity contribution in [2.75, 3.05) is 25.5 Å². The normalized spacial score (nSPS) is 12.7. The van der Waals surface area contributed by atoms with Gasteiger partial charge < -0.3 is 5.32 Å². The molecule has 1 aliphatic carbocycles. The molecule has 0 bridgehead atoms. The van der Waals surface area contributed by atoms with Gasteiger partial charge in [0.1, 0.15) is 0 Å². The molecular weight excluding hydrogens is 328 g/mol. The summed E-state index contributed by atoms with van der Waals surface area (Å²) >= 11 is 0. The molecule has 2 aromatic carbocycles. The Morgan fingerprint density at radius 2 is 1.58 bits per heavy atom. The maximum Gasteiger partial charge on any atom is 0.238 e. The summed E-state index contributed by atoms with van der Waals surface area (Å²) in [4.78, 5) is 39.5. The van der Waals surface area contributed by atoms with Crippen molar-refractivity contribution in [1.29, 1.82) is 0 Å². The van der Waals surface area contributed by atoms with E-state index in [0.717, 1.165) is 19.4 Å². The highest BCUT2D eigenvalue weighted by atomic mass is 16.2. The predicted molar refractivity (Wildman–Crippen MR) is 101 cm³/mol. The summed E-state index contributed by atoms with van der Waals surface area (Å²) in [7, 11) is 1.90. The van der Waals surface area contributed by atoms with Crippen LogP contribution in [0.4, 0.5) is 5.69 Å². The van der Waals surface area contributed by atoms with Gasteiger partial charge in [0, 0.05) is 27.9 Å². The Labute approximate surface area is 153 Å². The van der Waals surface area contributed by atoms with Crippen molar-refractivity contribution in [2.24, 2.45) is 0 Å². The zero-order valence-corrected chi connectivity index (χ0v) is 15.0. The number of nitrogens with one attached hydrogen (secondary N) is 1. The lowest BCUT2D eigenvalue weighted by Crippen LogP contribution is -2.31. The molecular formula is C21H22N2O3. The van der Waals surface area contributed by atoms with Crippen LogP contribution in [0, 0.1) is 0 Å². The van der Waals surface area contributed by atoms with Crippen molar-refractivity contribution < 1.29 is 14.4 Å². The third-order valence-electron chi connectivity index (χ3n) is 4.52. The van der Waals surface area contributed by atoms with Crippen LogP contribution in [-0.4, -0.2) is 42.5 Å². The van der Waals surface area contributed by atoms with Gasteiger partial charge in [0.2, 0.25) is 5.91 Å². The largest absolute Gasteiger partial charge is 0.325 e. The number of ketones is 2. The molecule has 0 aliphatic heterocycles. The molecule has 0 fully saturated rings. The molecule has 26 heavy (non-hydrogen) atoms. The lowest BCUT2D eigenvalue weighted by Gasteiger charge is -2.19. The summed E-state index contributed by atoms with van der Waals surface area (Å²) in [5.41, 5.74) is 2.09. The Bertz CT molecular complexity index is 873. The van der Waals surface area contributed by atoms with E-state index in [0.29, 0.717) is 27.9 Å². The lowest BCUT2D eigenvalue weighted by atomic mass is 9.84. The first-order valence-corrected chi connectivity index (χ1v) is 8.82. The number of anilines is 1. The third-order valence-corrected chi connectivity index (χ3v) is 4.52. The van der Waals surface area contributed by atoms with Crippen molar-refractivity contribution >= 4 is 23.2 Å². The first-order chi connectivity index (χ1) is 12.5. The van der Waals surface area contributed by atoms with Gasteiger partial charge in [-0.2, -0.15) is 0 Å². The highest BCUT2D eigenvalue weighted by Gasteiger charge is 2.29. The summed E-state index contributed by atoms with van der Waals surface area (Å²) in [6, 6.07) is 11.7. The number of benzene rings is 2. The summed E-state index contributed by atoms with van der Waals surface area (Å²) in [6.07, 6.45) is 2.12. The molecule has 0 aromatic heterocycles. The minimum absolute atomic E-state index is 0.140. The molecule has 134 valence electrons. The molecule has 0 saturated heterocycles. The molecule has 0 heterocycles. The second-order valence-corrected chi connectivity index (χ2v) is 6.60. The molecule has 5 nitrogen and oxygen atoms in total. The van der Waals surface area contributed by atoms with Gasteiger partial charge >= 0.3 is 0 Å². The van der Waals surface area contributed by atoms with Crippen LogP contribution >= 0.6 is 0 Å². The molecule has 1 aliphatic rings. The number of nitrogens with zero attached hydrogens (tertiary/aromatic N) is 1. The number of likely N-dealkylation sites (N-methyl/N-ethyl adjacent to an activating group) is 1. The smallest absolute Gasteiger partial charge is 0.238 e. The van der Waals surface area contributed by atoms with Crippen LogP contribution in [0.1, 0.15) is 51.6 Å². The number of rotatable bonds is 6. The van der Waals surface area contributed by atoms with Gasteiger partial charge in [-0.1, -0.05) is 37.6 Å². The second-order valence-electron chi connectivity index (χ2n) is 6.60. The van der Waals surface area contributed by atoms with E-state index in [1.807, 2.05) is 11.9 Å². The number of hydrogen-bond donors (Lipinski definition) is 1. The molecule has 1 N–H and O–H groups in total. The Hall–Kier alpha value is -2.79. The monoisotopic (exact) mass is 350 g/mol. The fraction of sp³-hybridized carbons (Fsp3) is 0.286. The average Bonchev–Trinajstić information content (AvgIpc) is 2.64. The van der Waals surface area contributed by atoms with Gasteiger partial charge in [-0.05, 0) is 38.2 Å². The van der Waals surface area contributed by atoms with Crippen molar-refractivity contribution in [3.8, 4) is 0 Å². The third kappa shape index (κ3) is 3.58. The number of carbonyl (C=O) groups is 3. The first kappa shape index (κ1) is 18.0. The van der Waals surface area contributed by atoms with E-state index in [1.165, 1.54) is 0 Å². The zero-order valence-electron chi connectivity index (χ0n) is 15.0. The van der Waals surface area contributed by atoms with Gasteiger partial charge in [-0.3, -0.25) is 19.3 Å². The van der Waals surface area contributed by atoms with Crippen molar-refractivity contribution in [3.05, 3.63) is 64.7 Å². The molecule has 0 radical (unpaired) electrons. The summed E-state index contributed by atoms with van der Waals surface area (Å²) < 4.78 is 0. The number of unbranched alkanes of at least 4 members (excludes halogenated alkanes) is 1. The standard InChI is InChI=1S/C21H22N2O3/c1-3-4-11-23(2)13-19(24)22-14-9-10-17-18(12-14)21(26)16-8-6-5-7-15(16)20(17)25/h5-10,12H,3-4,11,13H2,1-2H3,(H,22,24). The SMILES string of the molecule is CCCCN(C)CC(=O)Nc1ccc2c(c1)C(=O)c1ccccc1C2=O. The molecule has 0 atom stereocenters. The van der Waals surface area contributed by atoms with Crippen LogP contribution < -0.4 is 5.32 Å². The topological polar surface area (TPSA) is 66.5 Å². The molecule has 0 spiro atoms. The number of carbonyl (C=O) groups excluding carboxylic acids is 3. The Morgan fingerprint density at radius 1 is 0.962 bits per heavy atom. The van der Waals surface area contributed by atoms with E-state index >= 15 is 0 Å². The number of amides is 1. The van der Waals surface area contributed by atoms with Crippen LogP contribution in [0.5, 0.6) is 0 Å². The van der Waals surface area contributed by atoms with E-state index in [1.54, 1.807) is 42.5 Å². The number of hydrogen-bond acceptors (Lipinski definition) is 4. The highest BCUT2D eigenvalue weighted by Crippen LogP contribution is 2.29. The van der Waals surface area contributed by atoms with Gasteiger partial charge in [-0.15, -0.1) is 0 Å².